The van der Waals surface area contributed by atoms with Gasteiger partial charge in [0.2, 0.25) is 0 Å². The standard InChI is InChI=1S/C15H17FN2S/c1-10-8-18-15(19-10)9-17-14-6-12(7-14)11-2-4-13(16)5-3-11/h2-5,8,12,14,17H,6-7,9H2,1H3. The summed E-state index contributed by atoms with van der Waals surface area (Å²) in [6, 6.07) is 7.48. The molecule has 100 valence electrons. The summed E-state index contributed by atoms with van der Waals surface area (Å²) in [4.78, 5) is 5.61. The van der Waals surface area contributed by atoms with Crippen LogP contribution in [0.25, 0.3) is 0 Å². The van der Waals surface area contributed by atoms with Gasteiger partial charge in [-0.15, -0.1) is 11.3 Å². The van der Waals surface area contributed by atoms with Crippen molar-refractivity contribution in [3.8, 4) is 0 Å². The number of hydrogen-bond acceptors (Lipinski definition) is 3. The fourth-order valence-electron chi connectivity index (χ4n) is 2.51. The second-order valence-corrected chi connectivity index (χ2v) is 6.48. The van der Waals surface area contributed by atoms with E-state index in [0.717, 1.165) is 24.4 Å². The maximum absolute atomic E-state index is 12.8. The van der Waals surface area contributed by atoms with Crippen LogP contribution in [0.3, 0.4) is 0 Å². The Kier molecular flexibility index (Phi) is 3.62. The van der Waals surface area contributed by atoms with Crippen molar-refractivity contribution in [3.63, 3.8) is 0 Å². The molecule has 1 aliphatic carbocycles. The Hall–Kier alpha value is -1.26. The number of thiazole rings is 1. The molecule has 2 nitrogen and oxygen atoms in total. The van der Waals surface area contributed by atoms with Gasteiger partial charge < -0.3 is 5.32 Å². The topological polar surface area (TPSA) is 24.9 Å². The predicted octanol–water partition coefficient (Wildman–Crippen LogP) is 3.63. The smallest absolute Gasteiger partial charge is 0.123 e. The fourth-order valence-corrected chi connectivity index (χ4v) is 3.24. The zero-order valence-corrected chi connectivity index (χ0v) is 11.7. The molecule has 0 amide bonds. The van der Waals surface area contributed by atoms with Crippen LogP contribution >= 0.6 is 11.3 Å². The highest BCUT2D eigenvalue weighted by molar-refractivity contribution is 7.11. The van der Waals surface area contributed by atoms with E-state index in [1.807, 2.05) is 18.3 Å². The predicted molar refractivity (Wildman–Crippen MR) is 75.9 cm³/mol. The molecule has 0 aliphatic heterocycles. The first-order valence-electron chi connectivity index (χ1n) is 6.61. The lowest BCUT2D eigenvalue weighted by atomic mass is 9.76. The molecule has 0 radical (unpaired) electrons. The van der Waals surface area contributed by atoms with E-state index < -0.39 is 0 Å². The van der Waals surface area contributed by atoms with E-state index >= 15 is 0 Å². The molecule has 3 rings (SSSR count). The average molecular weight is 276 g/mol. The number of benzene rings is 1. The monoisotopic (exact) mass is 276 g/mol. The van der Waals surface area contributed by atoms with Gasteiger partial charge in [0.25, 0.3) is 0 Å². The minimum absolute atomic E-state index is 0.156. The highest BCUT2D eigenvalue weighted by atomic mass is 32.1. The maximum Gasteiger partial charge on any atom is 0.123 e. The van der Waals surface area contributed by atoms with Gasteiger partial charge in [0, 0.05) is 23.7 Å². The zero-order chi connectivity index (χ0) is 13.2. The molecule has 0 atom stereocenters. The lowest BCUT2D eigenvalue weighted by molar-refractivity contribution is 0.289. The largest absolute Gasteiger partial charge is 0.308 e. The molecule has 19 heavy (non-hydrogen) atoms. The molecule has 1 N–H and O–H groups in total. The minimum Gasteiger partial charge on any atom is -0.308 e. The van der Waals surface area contributed by atoms with Gasteiger partial charge in [-0.1, -0.05) is 12.1 Å². The highest BCUT2D eigenvalue weighted by Gasteiger charge is 2.29. The number of nitrogens with zero attached hydrogens (tertiary/aromatic N) is 1. The van der Waals surface area contributed by atoms with Crippen LogP contribution in [-0.4, -0.2) is 11.0 Å². The Labute approximate surface area is 116 Å². The first-order chi connectivity index (χ1) is 9.20. The van der Waals surface area contributed by atoms with Crippen molar-refractivity contribution in [3.05, 3.63) is 51.7 Å². The summed E-state index contributed by atoms with van der Waals surface area (Å²) in [6.45, 7) is 2.94. The molecule has 1 aliphatic rings. The van der Waals surface area contributed by atoms with E-state index in [1.54, 1.807) is 23.5 Å². The Morgan fingerprint density at radius 1 is 1.32 bits per heavy atom. The van der Waals surface area contributed by atoms with Crippen molar-refractivity contribution in [2.24, 2.45) is 0 Å². The third-order valence-electron chi connectivity index (χ3n) is 3.69. The van der Waals surface area contributed by atoms with Crippen molar-refractivity contribution in [1.82, 2.24) is 10.3 Å². The third-order valence-corrected chi connectivity index (χ3v) is 4.60. The van der Waals surface area contributed by atoms with Crippen molar-refractivity contribution in [1.29, 1.82) is 0 Å². The average Bonchev–Trinajstić information content (AvgIpc) is 2.75. The van der Waals surface area contributed by atoms with Crippen LogP contribution in [0.4, 0.5) is 4.39 Å². The lowest BCUT2D eigenvalue weighted by Gasteiger charge is -2.36. The molecule has 1 fully saturated rings. The molecule has 1 heterocycles. The van der Waals surface area contributed by atoms with Crippen molar-refractivity contribution in [2.45, 2.75) is 38.3 Å². The van der Waals surface area contributed by atoms with Crippen LogP contribution in [0.1, 0.15) is 34.2 Å². The van der Waals surface area contributed by atoms with Crippen LogP contribution in [0, 0.1) is 12.7 Å². The van der Waals surface area contributed by atoms with Crippen LogP contribution < -0.4 is 5.32 Å². The van der Waals surface area contributed by atoms with Crippen LogP contribution in [0.2, 0.25) is 0 Å². The molecule has 0 bridgehead atoms. The Morgan fingerprint density at radius 2 is 2.05 bits per heavy atom. The van der Waals surface area contributed by atoms with E-state index in [0.29, 0.717) is 12.0 Å². The summed E-state index contributed by atoms with van der Waals surface area (Å²) < 4.78 is 12.8. The van der Waals surface area contributed by atoms with E-state index in [-0.39, 0.29) is 5.82 Å². The molecular formula is C15H17FN2S. The van der Waals surface area contributed by atoms with Gasteiger partial charge in [-0.05, 0) is 43.4 Å². The number of aryl methyl sites for hydroxylation is 1. The van der Waals surface area contributed by atoms with E-state index in [4.69, 9.17) is 0 Å². The first kappa shape index (κ1) is 12.8. The number of rotatable bonds is 4. The van der Waals surface area contributed by atoms with Crippen molar-refractivity contribution in [2.75, 3.05) is 0 Å². The highest BCUT2D eigenvalue weighted by Crippen LogP contribution is 2.37. The summed E-state index contributed by atoms with van der Waals surface area (Å²) in [5.41, 5.74) is 1.25. The van der Waals surface area contributed by atoms with Gasteiger partial charge >= 0.3 is 0 Å². The van der Waals surface area contributed by atoms with Crippen LogP contribution in [0.15, 0.2) is 30.5 Å². The molecule has 2 aromatic rings. The number of halogens is 1. The van der Waals surface area contributed by atoms with Gasteiger partial charge in [-0.2, -0.15) is 0 Å². The van der Waals surface area contributed by atoms with Crippen molar-refractivity contribution >= 4 is 11.3 Å². The summed E-state index contributed by atoms with van der Waals surface area (Å²) in [5.74, 6) is 0.424. The third kappa shape index (κ3) is 3.01. The molecule has 4 heteroatoms. The van der Waals surface area contributed by atoms with Gasteiger partial charge in [0.05, 0.1) is 0 Å². The van der Waals surface area contributed by atoms with Crippen LogP contribution in [0.5, 0.6) is 0 Å². The molecule has 1 aromatic carbocycles. The minimum atomic E-state index is -0.156. The second kappa shape index (κ2) is 5.39. The van der Waals surface area contributed by atoms with Gasteiger partial charge in [-0.25, -0.2) is 9.37 Å². The SMILES string of the molecule is Cc1cnc(CNC2CC(c3ccc(F)cc3)C2)s1. The summed E-state index contributed by atoms with van der Waals surface area (Å²) >= 11 is 1.75. The molecule has 1 aromatic heterocycles. The Bertz CT molecular complexity index is 544. The van der Waals surface area contributed by atoms with Gasteiger partial charge in [0.15, 0.2) is 0 Å². The van der Waals surface area contributed by atoms with E-state index in [2.05, 4.69) is 17.2 Å². The number of hydrogen-bond donors (Lipinski definition) is 1. The lowest BCUT2D eigenvalue weighted by Crippen LogP contribution is -2.39. The summed E-state index contributed by atoms with van der Waals surface area (Å²) in [5, 5.41) is 4.69. The Balaban J connectivity index is 1.46. The Morgan fingerprint density at radius 3 is 2.68 bits per heavy atom. The molecule has 1 saturated carbocycles. The number of nitrogens with one attached hydrogen (secondary N) is 1. The molecule has 0 spiro atoms. The fraction of sp³-hybridized carbons (Fsp3) is 0.400. The number of aromatic nitrogens is 1. The first-order valence-corrected chi connectivity index (χ1v) is 7.42. The summed E-state index contributed by atoms with van der Waals surface area (Å²) in [6.07, 6.45) is 4.19. The zero-order valence-electron chi connectivity index (χ0n) is 10.9. The van der Waals surface area contributed by atoms with Gasteiger partial charge in [-0.3, -0.25) is 0 Å². The van der Waals surface area contributed by atoms with Gasteiger partial charge in [0.1, 0.15) is 10.8 Å². The van der Waals surface area contributed by atoms with E-state index in [1.165, 1.54) is 10.4 Å². The normalized spacial score (nSPS) is 22.2. The molecular weight excluding hydrogens is 259 g/mol. The summed E-state index contributed by atoms with van der Waals surface area (Å²) in [7, 11) is 0. The maximum atomic E-state index is 12.8. The second-order valence-electron chi connectivity index (χ2n) is 5.16. The quantitative estimate of drug-likeness (QED) is 0.922. The van der Waals surface area contributed by atoms with Crippen molar-refractivity contribution < 1.29 is 4.39 Å². The molecule has 0 unspecified atom stereocenters. The van der Waals surface area contributed by atoms with E-state index in [9.17, 15) is 4.39 Å². The van der Waals surface area contributed by atoms with Crippen LogP contribution in [-0.2, 0) is 6.54 Å². The molecule has 0 saturated heterocycles.